The lowest BCUT2D eigenvalue weighted by Gasteiger charge is -2.20. The number of carboxylic acid groups (broad SMARTS) is 1. The number of aliphatic carboxylic acids is 1. The molecule has 2 rings (SSSR count). The van der Waals surface area contributed by atoms with Gasteiger partial charge in [-0.25, -0.2) is 0 Å². The van der Waals surface area contributed by atoms with Gasteiger partial charge in [0.15, 0.2) is 0 Å². The molecular weight excluding hydrogens is 258 g/mol. The van der Waals surface area contributed by atoms with E-state index in [9.17, 15) is 9.90 Å². The van der Waals surface area contributed by atoms with Crippen molar-refractivity contribution in [2.24, 2.45) is 5.73 Å². The molecule has 98 valence electrons. The lowest BCUT2D eigenvalue weighted by molar-refractivity contribution is -0.136. The number of nitrogens with two attached hydrogens (primary N) is 1. The summed E-state index contributed by atoms with van der Waals surface area (Å²) in [4.78, 5) is 12.3. The number of rotatable bonds is 5. The van der Waals surface area contributed by atoms with Gasteiger partial charge in [-0.1, -0.05) is 48.5 Å². The van der Waals surface area contributed by atoms with Crippen molar-refractivity contribution < 1.29 is 9.90 Å². The lowest BCUT2D eigenvalue weighted by atomic mass is 10.0. The zero-order valence-corrected chi connectivity index (χ0v) is 11.1. The fourth-order valence-electron chi connectivity index (χ4n) is 1.77. The second-order valence-corrected chi connectivity index (χ2v) is 5.34. The van der Waals surface area contributed by atoms with Gasteiger partial charge in [0.2, 0.25) is 0 Å². The van der Waals surface area contributed by atoms with Gasteiger partial charge in [0.25, 0.3) is 0 Å². The van der Waals surface area contributed by atoms with Crippen molar-refractivity contribution in [3.63, 3.8) is 0 Å². The lowest BCUT2D eigenvalue weighted by Crippen LogP contribution is -2.30. The van der Waals surface area contributed by atoms with Gasteiger partial charge in [-0.15, -0.1) is 11.8 Å². The van der Waals surface area contributed by atoms with E-state index in [1.54, 1.807) is 0 Å². The topological polar surface area (TPSA) is 63.3 Å². The molecule has 3 N–H and O–H groups in total. The summed E-state index contributed by atoms with van der Waals surface area (Å²) in [6.45, 7) is 0. The van der Waals surface area contributed by atoms with Gasteiger partial charge in [0, 0.05) is 4.90 Å². The minimum absolute atomic E-state index is 0.538. The van der Waals surface area contributed by atoms with Crippen molar-refractivity contribution in [3.8, 4) is 0 Å². The van der Waals surface area contributed by atoms with Crippen LogP contribution in [0.4, 0.5) is 0 Å². The van der Waals surface area contributed by atoms with Crippen LogP contribution in [0.3, 0.4) is 0 Å². The molecule has 4 heteroatoms. The molecule has 0 aromatic heterocycles. The maximum absolute atomic E-state index is 11.4. The highest BCUT2D eigenvalue weighted by Crippen LogP contribution is 2.30. The molecule has 2 aromatic carbocycles. The highest BCUT2D eigenvalue weighted by atomic mass is 32.2. The number of hydrogen-bond acceptors (Lipinski definition) is 3. The molecule has 0 heterocycles. The third-order valence-electron chi connectivity index (χ3n) is 2.76. The van der Waals surface area contributed by atoms with Crippen molar-refractivity contribution in [3.05, 3.63) is 66.2 Å². The van der Waals surface area contributed by atoms with Crippen LogP contribution in [0.15, 0.2) is 65.6 Å². The van der Waals surface area contributed by atoms with Crippen molar-refractivity contribution in [1.29, 1.82) is 0 Å². The van der Waals surface area contributed by atoms with E-state index in [4.69, 9.17) is 5.73 Å². The second kappa shape index (κ2) is 6.41. The largest absolute Gasteiger partial charge is 0.480 e. The monoisotopic (exact) mass is 273 g/mol. The van der Waals surface area contributed by atoms with Gasteiger partial charge >= 0.3 is 5.97 Å². The van der Waals surface area contributed by atoms with E-state index in [0.29, 0.717) is 0 Å². The molecule has 3 nitrogen and oxygen atoms in total. The smallest absolute Gasteiger partial charge is 0.318 e. The normalized spacial score (nSPS) is 13.7. The third-order valence-corrected chi connectivity index (χ3v) is 4.05. The first kappa shape index (κ1) is 13.6. The van der Waals surface area contributed by atoms with Gasteiger partial charge in [-0.3, -0.25) is 4.79 Å². The van der Waals surface area contributed by atoms with Crippen LogP contribution in [-0.4, -0.2) is 16.3 Å². The number of thioether (sulfide) groups is 1. The fraction of sp³-hybridized carbons (Fsp3) is 0.133. The van der Waals surface area contributed by atoms with Gasteiger partial charge < -0.3 is 10.8 Å². The van der Waals surface area contributed by atoms with Crippen LogP contribution in [0.25, 0.3) is 0 Å². The van der Waals surface area contributed by atoms with Crippen LogP contribution in [0.1, 0.15) is 11.6 Å². The standard InChI is InChI=1S/C15H15NO2S/c16-13(11-7-3-1-4-8-11)14(15(17)18)19-12-9-5-2-6-10-12/h1-10,13-14H,16H2,(H,17,18)/t13-,14-/m0/s1. The minimum Gasteiger partial charge on any atom is -0.480 e. The summed E-state index contributed by atoms with van der Waals surface area (Å²) in [5.41, 5.74) is 6.92. The van der Waals surface area contributed by atoms with E-state index in [-0.39, 0.29) is 0 Å². The van der Waals surface area contributed by atoms with Crippen molar-refractivity contribution in [1.82, 2.24) is 0 Å². The predicted octanol–water partition coefficient (Wildman–Crippen LogP) is 2.93. The summed E-state index contributed by atoms with van der Waals surface area (Å²) >= 11 is 1.28. The van der Waals surface area contributed by atoms with Crippen LogP contribution in [0, 0.1) is 0 Å². The maximum Gasteiger partial charge on any atom is 0.318 e. The van der Waals surface area contributed by atoms with Gasteiger partial charge in [-0.2, -0.15) is 0 Å². The number of carboxylic acids is 1. The third kappa shape index (κ3) is 3.59. The van der Waals surface area contributed by atoms with E-state index in [1.807, 2.05) is 60.7 Å². The minimum atomic E-state index is -0.898. The van der Waals surface area contributed by atoms with E-state index in [0.717, 1.165) is 10.5 Å². The number of hydrogen-bond donors (Lipinski definition) is 2. The molecule has 0 fully saturated rings. The molecule has 0 amide bonds. The number of carbonyl (C=O) groups is 1. The van der Waals surface area contributed by atoms with Gasteiger partial charge in [0.05, 0.1) is 6.04 Å². The molecule has 0 aliphatic carbocycles. The van der Waals surface area contributed by atoms with E-state index < -0.39 is 17.3 Å². The SMILES string of the molecule is N[C@@H](c1ccccc1)[C@H](Sc1ccccc1)C(=O)O. The van der Waals surface area contributed by atoms with Crippen LogP contribution < -0.4 is 5.73 Å². The Morgan fingerprint density at radius 2 is 1.53 bits per heavy atom. The van der Waals surface area contributed by atoms with Gasteiger partial charge in [-0.05, 0) is 17.7 Å². The van der Waals surface area contributed by atoms with Crippen molar-refractivity contribution in [2.45, 2.75) is 16.2 Å². The summed E-state index contributed by atoms with van der Waals surface area (Å²) in [6, 6.07) is 18.2. The Kier molecular flexibility index (Phi) is 4.60. The Morgan fingerprint density at radius 3 is 2.05 bits per heavy atom. The molecule has 0 saturated heterocycles. The molecule has 0 bridgehead atoms. The Morgan fingerprint density at radius 1 is 1.00 bits per heavy atom. The summed E-state index contributed by atoms with van der Waals surface area (Å²) in [5, 5.41) is 8.66. The Hall–Kier alpha value is -1.78. The van der Waals surface area contributed by atoms with Crippen LogP contribution in [0.2, 0.25) is 0 Å². The van der Waals surface area contributed by atoms with Crippen molar-refractivity contribution >= 4 is 17.7 Å². The average Bonchev–Trinajstić information content (AvgIpc) is 2.46. The molecule has 19 heavy (non-hydrogen) atoms. The first-order valence-corrected chi connectivity index (χ1v) is 6.81. The first-order valence-electron chi connectivity index (χ1n) is 5.93. The van der Waals surface area contributed by atoms with Crippen LogP contribution in [0.5, 0.6) is 0 Å². The molecule has 0 aliphatic heterocycles. The molecule has 0 spiro atoms. The summed E-state index contributed by atoms with van der Waals surface area (Å²) < 4.78 is 0. The molecule has 0 unspecified atom stereocenters. The van der Waals surface area contributed by atoms with Crippen molar-refractivity contribution in [2.75, 3.05) is 0 Å². The fourth-order valence-corrected chi connectivity index (χ4v) is 2.79. The Balaban J connectivity index is 2.19. The predicted molar refractivity (Wildman–Crippen MR) is 77.1 cm³/mol. The summed E-state index contributed by atoms with van der Waals surface area (Å²) in [7, 11) is 0. The molecule has 2 atom stereocenters. The molecule has 0 radical (unpaired) electrons. The highest BCUT2D eigenvalue weighted by molar-refractivity contribution is 8.00. The van der Waals surface area contributed by atoms with Crippen LogP contribution >= 0.6 is 11.8 Å². The van der Waals surface area contributed by atoms with Crippen LogP contribution in [-0.2, 0) is 4.79 Å². The van der Waals surface area contributed by atoms with E-state index >= 15 is 0 Å². The van der Waals surface area contributed by atoms with E-state index in [2.05, 4.69) is 0 Å². The summed E-state index contributed by atoms with van der Waals surface area (Å²) in [5.74, 6) is -0.898. The molecular formula is C15H15NO2S. The highest BCUT2D eigenvalue weighted by Gasteiger charge is 2.27. The quantitative estimate of drug-likeness (QED) is 0.822. The van der Waals surface area contributed by atoms with Gasteiger partial charge in [0.1, 0.15) is 5.25 Å². The number of benzene rings is 2. The Bertz CT molecular complexity index is 530. The summed E-state index contributed by atoms with van der Waals surface area (Å²) in [6.07, 6.45) is 0. The zero-order valence-electron chi connectivity index (χ0n) is 10.3. The second-order valence-electron chi connectivity index (χ2n) is 4.13. The maximum atomic E-state index is 11.4. The molecule has 2 aromatic rings. The first-order chi connectivity index (χ1) is 9.18. The molecule has 0 aliphatic rings. The van der Waals surface area contributed by atoms with E-state index in [1.165, 1.54) is 11.8 Å². The average molecular weight is 273 g/mol. The Labute approximate surface area is 116 Å². The molecule has 0 saturated carbocycles. The zero-order chi connectivity index (χ0) is 13.7.